The molecule has 0 heterocycles. The van der Waals surface area contributed by atoms with Crippen molar-refractivity contribution in [2.45, 2.75) is 31.7 Å². The van der Waals surface area contributed by atoms with Crippen LogP contribution in [0.5, 0.6) is 0 Å². The maximum Gasteiger partial charge on any atom is 0.0516 e. The third-order valence-electron chi connectivity index (χ3n) is 4.52. The monoisotopic (exact) mass is 280 g/mol. The van der Waals surface area contributed by atoms with E-state index in [-0.39, 0.29) is 0 Å². The van der Waals surface area contributed by atoms with Gasteiger partial charge in [-0.1, -0.05) is 31.2 Å². The highest BCUT2D eigenvalue weighted by Crippen LogP contribution is 2.38. The van der Waals surface area contributed by atoms with Crippen LogP contribution in [0.25, 0.3) is 0 Å². The number of nitrogens with one attached hydrogen (secondary N) is 1. The molecular formula is C19H24N2. The van der Waals surface area contributed by atoms with Gasteiger partial charge in [-0.25, -0.2) is 0 Å². The zero-order valence-electron chi connectivity index (χ0n) is 13.1. The van der Waals surface area contributed by atoms with Crippen LogP contribution in [0.15, 0.2) is 48.5 Å². The first kappa shape index (κ1) is 14.0. The van der Waals surface area contributed by atoms with Gasteiger partial charge >= 0.3 is 0 Å². The molecule has 2 nitrogen and oxygen atoms in total. The Balaban J connectivity index is 1.81. The first-order valence-electron chi connectivity index (χ1n) is 7.78. The van der Waals surface area contributed by atoms with Crippen molar-refractivity contribution in [1.29, 1.82) is 0 Å². The van der Waals surface area contributed by atoms with Gasteiger partial charge in [-0.2, -0.15) is 0 Å². The zero-order chi connectivity index (χ0) is 14.8. The summed E-state index contributed by atoms with van der Waals surface area (Å²) in [5, 5.41) is 3.71. The fraction of sp³-hybridized carbons (Fsp3) is 0.368. The van der Waals surface area contributed by atoms with Crippen LogP contribution in [0.1, 0.15) is 42.9 Å². The second-order valence-electron chi connectivity index (χ2n) is 6.25. The van der Waals surface area contributed by atoms with Crippen molar-refractivity contribution in [2.24, 2.45) is 0 Å². The molecule has 1 N–H and O–H groups in total. The Kier molecular flexibility index (Phi) is 3.87. The van der Waals surface area contributed by atoms with Crippen LogP contribution in [0.3, 0.4) is 0 Å². The van der Waals surface area contributed by atoms with E-state index in [1.807, 2.05) is 0 Å². The first-order valence-corrected chi connectivity index (χ1v) is 7.78. The van der Waals surface area contributed by atoms with Gasteiger partial charge in [0.1, 0.15) is 0 Å². The second kappa shape index (κ2) is 5.80. The largest absolute Gasteiger partial charge is 0.378 e. The average molecular weight is 280 g/mol. The maximum atomic E-state index is 3.71. The summed E-state index contributed by atoms with van der Waals surface area (Å²) in [6.07, 6.45) is 2.46. The van der Waals surface area contributed by atoms with E-state index in [0.29, 0.717) is 12.0 Å². The fourth-order valence-corrected chi connectivity index (χ4v) is 3.21. The van der Waals surface area contributed by atoms with E-state index in [4.69, 9.17) is 0 Å². The molecule has 2 aromatic rings. The Bertz CT molecular complexity index is 601. The van der Waals surface area contributed by atoms with Crippen molar-refractivity contribution in [1.82, 2.24) is 0 Å². The Morgan fingerprint density at radius 2 is 1.57 bits per heavy atom. The molecule has 2 unspecified atom stereocenters. The first-order chi connectivity index (χ1) is 10.1. The molecule has 110 valence electrons. The predicted molar refractivity (Wildman–Crippen MR) is 91.2 cm³/mol. The Morgan fingerprint density at radius 1 is 0.905 bits per heavy atom. The number of hydrogen-bond acceptors (Lipinski definition) is 2. The second-order valence-corrected chi connectivity index (χ2v) is 6.25. The van der Waals surface area contributed by atoms with E-state index in [1.165, 1.54) is 35.3 Å². The average Bonchev–Trinajstić information content (AvgIpc) is 2.51. The highest BCUT2D eigenvalue weighted by atomic mass is 15.1. The van der Waals surface area contributed by atoms with E-state index in [9.17, 15) is 0 Å². The summed E-state index contributed by atoms with van der Waals surface area (Å²) in [5.41, 5.74) is 5.41. The topological polar surface area (TPSA) is 15.3 Å². The van der Waals surface area contributed by atoms with Crippen molar-refractivity contribution in [2.75, 3.05) is 24.3 Å². The molecule has 0 saturated carbocycles. The highest BCUT2D eigenvalue weighted by molar-refractivity contribution is 5.55. The molecule has 0 aliphatic heterocycles. The molecule has 1 aliphatic rings. The minimum Gasteiger partial charge on any atom is -0.378 e. The van der Waals surface area contributed by atoms with Crippen LogP contribution in [-0.2, 0) is 0 Å². The minimum atomic E-state index is 0.433. The van der Waals surface area contributed by atoms with Crippen LogP contribution in [0.2, 0.25) is 0 Å². The molecule has 0 fully saturated rings. The van der Waals surface area contributed by atoms with Gasteiger partial charge < -0.3 is 10.2 Å². The van der Waals surface area contributed by atoms with Crippen molar-refractivity contribution >= 4 is 11.4 Å². The molecule has 2 heteroatoms. The van der Waals surface area contributed by atoms with Crippen molar-refractivity contribution in [3.8, 4) is 0 Å². The summed E-state index contributed by atoms with van der Waals surface area (Å²) in [5.74, 6) is 0.676. The minimum absolute atomic E-state index is 0.433. The molecule has 21 heavy (non-hydrogen) atoms. The zero-order valence-corrected chi connectivity index (χ0v) is 13.1. The van der Waals surface area contributed by atoms with Gasteiger partial charge in [0, 0.05) is 25.5 Å². The van der Waals surface area contributed by atoms with Gasteiger partial charge in [0.2, 0.25) is 0 Å². The quantitative estimate of drug-likeness (QED) is 0.868. The molecule has 0 bridgehead atoms. The summed E-state index contributed by atoms with van der Waals surface area (Å²) in [4.78, 5) is 2.13. The number of benzene rings is 2. The standard InChI is InChI=1S/C19H24N2/c1-14-8-13-19(18-7-5-4-6-17(14)18)20-15-9-11-16(12-10-15)21(2)3/h4-7,9-12,14,19-20H,8,13H2,1-3H3. The van der Waals surface area contributed by atoms with Crippen molar-refractivity contribution in [3.05, 3.63) is 59.7 Å². The molecule has 2 aromatic carbocycles. The molecule has 0 saturated heterocycles. The lowest BCUT2D eigenvalue weighted by atomic mass is 9.81. The Labute approximate surface area is 127 Å². The summed E-state index contributed by atoms with van der Waals surface area (Å²) in [7, 11) is 4.14. The molecule has 0 amide bonds. The van der Waals surface area contributed by atoms with E-state index < -0.39 is 0 Å². The number of hydrogen-bond donors (Lipinski definition) is 1. The van der Waals surface area contributed by atoms with Gasteiger partial charge in [0.05, 0.1) is 6.04 Å². The lowest BCUT2D eigenvalue weighted by molar-refractivity contribution is 0.534. The van der Waals surface area contributed by atoms with Crippen LogP contribution >= 0.6 is 0 Å². The van der Waals surface area contributed by atoms with E-state index in [2.05, 4.69) is 79.8 Å². The highest BCUT2D eigenvalue weighted by Gasteiger charge is 2.24. The van der Waals surface area contributed by atoms with Gasteiger partial charge in [0.15, 0.2) is 0 Å². The molecule has 0 radical (unpaired) electrons. The number of nitrogens with zero attached hydrogens (tertiary/aromatic N) is 1. The Hall–Kier alpha value is -1.96. The maximum absolute atomic E-state index is 3.71. The van der Waals surface area contributed by atoms with Crippen molar-refractivity contribution < 1.29 is 0 Å². The summed E-state index contributed by atoms with van der Waals surface area (Å²) >= 11 is 0. The third kappa shape index (κ3) is 2.90. The fourth-order valence-electron chi connectivity index (χ4n) is 3.21. The van der Waals surface area contributed by atoms with Crippen LogP contribution in [0, 0.1) is 0 Å². The number of anilines is 2. The SMILES string of the molecule is CC1CCC(Nc2ccc(N(C)C)cc2)c2ccccc21. The number of rotatable bonds is 3. The van der Waals surface area contributed by atoms with Crippen LogP contribution in [-0.4, -0.2) is 14.1 Å². The predicted octanol–water partition coefficient (Wildman–Crippen LogP) is 4.80. The van der Waals surface area contributed by atoms with Gasteiger partial charge in [-0.15, -0.1) is 0 Å². The van der Waals surface area contributed by atoms with Gasteiger partial charge in [-0.3, -0.25) is 0 Å². The van der Waals surface area contributed by atoms with Gasteiger partial charge in [0.25, 0.3) is 0 Å². The van der Waals surface area contributed by atoms with Crippen molar-refractivity contribution in [3.63, 3.8) is 0 Å². The van der Waals surface area contributed by atoms with Gasteiger partial charge in [-0.05, 0) is 54.2 Å². The molecule has 1 aliphatic carbocycles. The lowest BCUT2D eigenvalue weighted by Crippen LogP contribution is -2.19. The van der Waals surface area contributed by atoms with E-state index in [1.54, 1.807) is 0 Å². The molecule has 0 spiro atoms. The smallest absolute Gasteiger partial charge is 0.0516 e. The van der Waals surface area contributed by atoms with E-state index >= 15 is 0 Å². The third-order valence-corrected chi connectivity index (χ3v) is 4.52. The number of fused-ring (bicyclic) bond motifs is 1. The summed E-state index contributed by atoms with van der Waals surface area (Å²) < 4.78 is 0. The molecule has 2 atom stereocenters. The Morgan fingerprint density at radius 3 is 2.24 bits per heavy atom. The van der Waals surface area contributed by atoms with E-state index in [0.717, 1.165) is 0 Å². The lowest BCUT2D eigenvalue weighted by Gasteiger charge is -2.31. The van der Waals surface area contributed by atoms with Crippen LogP contribution in [0.4, 0.5) is 11.4 Å². The molecular weight excluding hydrogens is 256 g/mol. The normalized spacial score (nSPS) is 20.7. The summed E-state index contributed by atoms with van der Waals surface area (Å²) in [6.45, 7) is 2.33. The van der Waals surface area contributed by atoms with Crippen LogP contribution < -0.4 is 10.2 Å². The summed E-state index contributed by atoms with van der Waals surface area (Å²) in [6, 6.07) is 18.0. The molecule has 0 aromatic heterocycles. The molecule has 3 rings (SSSR count).